The molecule has 2 aromatic heterocycles. The number of imidazole rings is 1. The van der Waals surface area contributed by atoms with Crippen LogP contribution in [0.1, 0.15) is 64.6 Å². The maximum atomic E-state index is 13.1. The van der Waals surface area contributed by atoms with Crippen molar-refractivity contribution in [2.45, 2.75) is 70.7 Å². The number of anilines is 2. The number of hydrogen-bond donors (Lipinski definition) is 2. The van der Waals surface area contributed by atoms with E-state index in [1.54, 1.807) is 0 Å². The summed E-state index contributed by atoms with van der Waals surface area (Å²) in [5.74, 6) is -1.28. The molecule has 2 aromatic rings. The summed E-state index contributed by atoms with van der Waals surface area (Å²) in [7, 11) is 0. The fraction of sp³-hybridized carbons (Fsp3) is 0.522. The van der Waals surface area contributed by atoms with E-state index in [0.29, 0.717) is 12.1 Å². The summed E-state index contributed by atoms with van der Waals surface area (Å²) >= 11 is 0. The van der Waals surface area contributed by atoms with Crippen molar-refractivity contribution in [1.29, 1.82) is 0 Å². The number of rotatable bonds is 8. The molecule has 0 saturated heterocycles. The first-order valence-electron chi connectivity index (χ1n) is 11.2. The highest BCUT2D eigenvalue weighted by molar-refractivity contribution is 5.98. The smallest absolute Gasteiger partial charge is 0.434 e. The van der Waals surface area contributed by atoms with Gasteiger partial charge in [0.1, 0.15) is 11.9 Å². The molecular weight excluding hydrogens is 467 g/mol. The third-order valence-corrected chi connectivity index (χ3v) is 5.80. The lowest BCUT2D eigenvalue weighted by Crippen LogP contribution is -2.41. The second kappa shape index (κ2) is 10.4. The van der Waals surface area contributed by atoms with Crippen molar-refractivity contribution in [3.8, 4) is 0 Å². The van der Waals surface area contributed by atoms with Crippen LogP contribution in [-0.4, -0.2) is 37.9 Å². The zero-order chi connectivity index (χ0) is 25.8. The molecule has 1 unspecified atom stereocenters. The van der Waals surface area contributed by atoms with Gasteiger partial charge in [-0.05, 0) is 38.3 Å². The Balaban J connectivity index is 1.70. The summed E-state index contributed by atoms with van der Waals surface area (Å²) < 4.78 is 45.3. The summed E-state index contributed by atoms with van der Waals surface area (Å²) in [6.45, 7) is 4.08. The van der Waals surface area contributed by atoms with Crippen molar-refractivity contribution >= 4 is 29.3 Å². The van der Waals surface area contributed by atoms with E-state index in [2.05, 4.69) is 20.6 Å². The summed E-state index contributed by atoms with van der Waals surface area (Å²) in [5.41, 5.74) is -2.15. The van der Waals surface area contributed by atoms with Gasteiger partial charge in [0, 0.05) is 13.1 Å². The fourth-order valence-electron chi connectivity index (χ4n) is 4.02. The first-order valence-corrected chi connectivity index (χ1v) is 11.2. The number of halogens is 3. The van der Waals surface area contributed by atoms with Crippen LogP contribution in [0.4, 0.5) is 24.7 Å². The number of aromatic nitrogens is 3. The predicted octanol–water partition coefficient (Wildman–Crippen LogP) is 4.34. The van der Waals surface area contributed by atoms with Crippen molar-refractivity contribution in [2.24, 2.45) is 5.92 Å². The summed E-state index contributed by atoms with van der Waals surface area (Å²) in [5, 5.41) is 5.21. The normalized spacial score (nSPS) is 15.5. The van der Waals surface area contributed by atoms with Crippen LogP contribution in [0.5, 0.6) is 0 Å². The van der Waals surface area contributed by atoms with Gasteiger partial charge in [-0.3, -0.25) is 14.4 Å². The van der Waals surface area contributed by atoms with Gasteiger partial charge in [0.25, 0.3) is 5.91 Å². The summed E-state index contributed by atoms with van der Waals surface area (Å²) in [6, 6.07) is 2.07. The number of carbonyl (C=O) groups excluding carboxylic acids is 3. The zero-order valence-electron chi connectivity index (χ0n) is 19.7. The first kappa shape index (κ1) is 26.2. The molecule has 0 bridgehead atoms. The van der Waals surface area contributed by atoms with Crippen molar-refractivity contribution in [3.63, 3.8) is 0 Å². The molecule has 0 aromatic carbocycles. The molecule has 1 atom stereocenters. The average molecular weight is 496 g/mol. The Hall–Kier alpha value is -3.44. The number of carbonyl (C=O) groups is 3. The van der Waals surface area contributed by atoms with E-state index in [9.17, 15) is 27.6 Å². The van der Waals surface area contributed by atoms with Crippen LogP contribution >= 0.6 is 0 Å². The summed E-state index contributed by atoms with van der Waals surface area (Å²) in [6.07, 6.45) is 2.85. The van der Waals surface area contributed by atoms with Gasteiger partial charge in [0.2, 0.25) is 5.91 Å². The van der Waals surface area contributed by atoms with Gasteiger partial charge in [0.15, 0.2) is 11.3 Å². The quantitative estimate of drug-likeness (QED) is 0.527. The van der Waals surface area contributed by atoms with Crippen LogP contribution in [0.25, 0.3) is 0 Å². The molecule has 3 rings (SSSR count). The van der Waals surface area contributed by atoms with Crippen molar-refractivity contribution < 1.29 is 32.3 Å². The van der Waals surface area contributed by atoms with Gasteiger partial charge in [-0.25, -0.2) is 9.97 Å². The second-order valence-corrected chi connectivity index (χ2v) is 9.09. The van der Waals surface area contributed by atoms with Crippen LogP contribution in [-0.2, 0) is 25.3 Å². The monoisotopic (exact) mass is 495 g/mol. The Morgan fingerprint density at radius 3 is 2.37 bits per heavy atom. The highest BCUT2D eigenvalue weighted by atomic mass is 19.4. The Morgan fingerprint density at radius 2 is 1.83 bits per heavy atom. The molecule has 0 spiro atoms. The number of hydrogen-bond acceptors (Lipinski definition) is 6. The number of pyridine rings is 1. The number of ether oxygens (including phenoxy) is 1. The Bertz CT molecular complexity index is 1060. The minimum absolute atomic E-state index is 0.167. The summed E-state index contributed by atoms with van der Waals surface area (Å²) in [4.78, 5) is 44.1. The van der Waals surface area contributed by atoms with Gasteiger partial charge >= 0.3 is 12.1 Å². The number of alkyl halides is 3. The van der Waals surface area contributed by atoms with Crippen molar-refractivity contribution in [3.05, 3.63) is 36.5 Å². The molecule has 1 saturated carbocycles. The van der Waals surface area contributed by atoms with Crippen molar-refractivity contribution in [2.75, 3.05) is 10.6 Å². The molecule has 1 aliphatic carbocycles. The number of esters is 1. The molecule has 1 fully saturated rings. The lowest BCUT2D eigenvalue weighted by atomic mass is 9.97. The lowest BCUT2D eigenvalue weighted by molar-refractivity contribution is -0.160. The van der Waals surface area contributed by atoms with Gasteiger partial charge in [-0.2, -0.15) is 13.2 Å². The van der Waals surface area contributed by atoms with Crippen LogP contribution in [0.3, 0.4) is 0 Å². The standard InChI is InChI=1S/C23H28F3N5O4/c1-14(32)35-22(2,3)21(34)29-16-8-9-19(27-11-16)30-20(33)17(10-15-6-4-5-7-15)31-12-18(28-13-31)23(24,25)26/h8-9,11-13,15,17H,4-7,10H2,1-3H3,(H,29,34)(H,27,30,33). The molecule has 35 heavy (non-hydrogen) atoms. The van der Waals surface area contributed by atoms with E-state index in [0.717, 1.165) is 38.2 Å². The molecule has 12 heteroatoms. The molecule has 1 aliphatic rings. The molecule has 0 radical (unpaired) electrons. The maximum Gasteiger partial charge on any atom is 0.434 e. The predicted molar refractivity (Wildman–Crippen MR) is 120 cm³/mol. The number of amides is 2. The van der Waals surface area contributed by atoms with Gasteiger partial charge in [-0.15, -0.1) is 0 Å². The van der Waals surface area contributed by atoms with E-state index in [1.807, 2.05) is 0 Å². The van der Waals surface area contributed by atoms with E-state index in [1.165, 1.54) is 43.7 Å². The van der Waals surface area contributed by atoms with E-state index in [4.69, 9.17) is 4.74 Å². The Morgan fingerprint density at radius 1 is 1.14 bits per heavy atom. The second-order valence-electron chi connectivity index (χ2n) is 9.09. The zero-order valence-corrected chi connectivity index (χ0v) is 19.7. The topological polar surface area (TPSA) is 115 Å². The minimum Gasteiger partial charge on any atom is -0.450 e. The van der Waals surface area contributed by atoms with Gasteiger partial charge in [0.05, 0.1) is 18.2 Å². The first-order chi connectivity index (χ1) is 16.3. The average Bonchev–Trinajstić information content (AvgIpc) is 3.44. The highest BCUT2D eigenvalue weighted by Gasteiger charge is 2.35. The molecular formula is C23H28F3N5O4. The number of nitrogens with zero attached hydrogens (tertiary/aromatic N) is 3. The fourth-order valence-corrected chi connectivity index (χ4v) is 4.02. The Kier molecular flexibility index (Phi) is 7.81. The van der Waals surface area contributed by atoms with Gasteiger partial charge < -0.3 is 19.9 Å². The molecule has 190 valence electrons. The largest absolute Gasteiger partial charge is 0.450 e. The molecule has 0 aliphatic heterocycles. The van der Waals surface area contributed by atoms with E-state index >= 15 is 0 Å². The molecule has 2 heterocycles. The Labute approximate surface area is 200 Å². The molecule has 9 nitrogen and oxygen atoms in total. The van der Waals surface area contributed by atoms with Crippen LogP contribution in [0.15, 0.2) is 30.9 Å². The third kappa shape index (κ3) is 7.03. The molecule has 2 amide bonds. The van der Waals surface area contributed by atoms with E-state index < -0.39 is 41.3 Å². The van der Waals surface area contributed by atoms with Crippen molar-refractivity contribution in [1.82, 2.24) is 14.5 Å². The highest BCUT2D eigenvalue weighted by Crippen LogP contribution is 2.34. The SMILES string of the molecule is CC(=O)OC(C)(C)C(=O)Nc1ccc(NC(=O)C(CC2CCCC2)n2cnc(C(F)(F)F)c2)nc1. The van der Waals surface area contributed by atoms with Gasteiger partial charge in [-0.1, -0.05) is 25.7 Å². The molecule has 2 N–H and O–H groups in total. The van der Waals surface area contributed by atoms with Crippen LogP contribution in [0.2, 0.25) is 0 Å². The minimum atomic E-state index is -4.61. The van der Waals surface area contributed by atoms with Crippen LogP contribution in [0, 0.1) is 5.92 Å². The number of nitrogens with one attached hydrogen (secondary N) is 2. The van der Waals surface area contributed by atoms with Crippen LogP contribution < -0.4 is 10.6 Å². The maximum absolute atomic E-state index is 13.1. The third-order valence-electron chi connectivity index (χ3n) is 5.80. The van der Waals surface area contributed by atoms with E-state index in [-0.39, 0.29) is 11.7 Å². The lowest BCUT2D eigenvalue weighted by Gasteiger charge is -2.23.